The van der Waals surface area contributed by atoms with Crippen LogP contribution in [0, 0.1) is 5.82 Å². The minimum atomic E-state index is -0.201. The highest BCUT2D eigenvalue weighted by molar-refractivity contribution is 5.19. The van der Waals surface area contributed by atoms with Gasteiger partial charge >= 0.3 is 0 Å². The van der Waals surface area contributed by atoms with E-state index in [4.69, 9.17) is 0 Å². The lowest BCUT2D eigenvalue weighted by atomic mass is 10.0. The fraction of sp³-hybridized carbons (Fsp3) is 0.308. The second kappa shape index (κ2) is 5.10. The molecule has 1 heterocycles. The summed E-state index contributed by atoms with van der Waals surface area (Å²) in [7, 11) is 3.85. The summed E-state index contributed by atoms with van der Waals surface area (Å²) < 4.78 is 14.7. The van der Waals surface area contributed by atoms with Gasteiger partial charge in [-0.1, -0.05) is 12.1 Å². The van der Waals surface area contributed by atoms with E-state index in [1.165, 1.54) is 12.1 Å². The van der Waals surface area contributed by atoms with Crippen molar-refractivity contribution in [2.45, 2.75) is 12.5 Å². The van der Waals surface area contributed by atoms with Crippen LogP contribution in [-0.4, -0.2) is 16.6 Å². The van der Waals surface area contributed by atoms with E-state index in [1.54, 1.807) is 6.33 Å². The van der Waals surface area contributed by atoms with Gasteiger partial charge in [0.15, 0.2) is 0 Å². The lowest BCUT2D eigenvalue weighted by Gasteiger charge is -2.13. The van der Waals surface area contributed by atoms with Crippen molar-refractivity contribution < 1.29 is 4.39 Å². The molecule has 0 bridgehead atoms. The molecular formula is C13H16FN3. The van der Waals surface area contributed by atoms with Gasteiger partial charge in [0.2, 0.25) is 0 Å². The summed E-state index contributed by atoms with van der Waals surface area (Å²) in [6, 6.07) is 6.74. The fourth-order valence-corrected chi connectivity index (χ4v) is 1.82. The molecule has 1 unspecified atom stereocenters. The molecule has 0 aliphatic heterocycles. The standard InChI is InChI=1S/C13H16FN3/c1-15-12(13-8-17(2)9-16-13)7-10-3-5-11(14)6-4-10/h3-6,8-9,12,15H,7H2,1-2H3. The number of hydrogen-bond donors (Lipinski definition) is 1. The van der Waals surface area contributed by atoms with Crippen LogP contribution in [0.1, 0.15) is 17.3 Å². The number of aryl methyl sites for hydroxylation is 1. The quantitative estimate of drug-likeness (QED) is 0.876. The largest absolute Gasteiger partial charge is 0.340 e. The molecular weight excluding hydrogens is 217 g/mol. The van der Waals surface area contributed by atoms with E-state index < -0.39 is 0 Å². The normalized spacial score (nSPS) is 12.6. The molecule has 2 rings (SSSR count). The Morgan fingerprint density at radius 1 is 1.35 bits per heavy atom. The maximum Gasteiger partial charge on any atom is 0.123 e. The van der Waals surface area contributed by atoms with Gasteiger partial charge in [-0.25, -0.2) is 9.37 Å². The summed E-state index contributed by atoms with van der Waals surface area (Å²) in [5.74, 6) is -0.201. The fourth-order valence-electron chi connectivity index (χ4n) is 1.82. The third-order valence-corrected chi connectivity index (χ3v) is 2.78. The third-order valence-electron chi connectivity index (χ3n) is 2.78. The van der Waals surface area contributed by atoms with E-state index in [1.807, 2.05) is 37.0 Å². The van der Waals surface area contributed by atoms with Gasteiger partial charge in [0.25, 0.3) is 0 Å². The Morgan fingerprint density at radius 2 is 2.06 bits per heavy atom. The zero-order chi connectivity index (χ0) is 12.3. The zero-order valence-electron chi connectivity index (χ0n) is 10.0. The molecule has 0 radical (unpaired) electrons. The van der Waals surface area contributed by atoms with E-state index >= 15 is 0 Å². The number of rotatable bonds is 4. The number of likely N-dealkylation sites (N-methyl/N-ethyl adjacent to an activating group) is 1. The molecule has 0 spiro atoms. The molecule has 90 valence electrons. The Balaban J connectivity index is 2.12. The van der Waals surface area contributed by atoms with Crippen molar-refractivity contribution in [2.24, 2.45) is 7.05 Å². The first-order chi connectivity index (χ1) is 8.19. The molecule has 3 nitrogen and oxygen atoms in total. The van der Waals surface area contributed by atoms with Crippen molar-refractivity contribution in [3.63, 3.8) is 0 Å². The van der Waals surface area contributed by atoms with Crippen molar-refractivity contribution >= 4 is 0 Å². The van der Waals surface area contributed by atoms with Gasteiger partial charge < -0.3 is 9.88 Å². The monoisotopic (exact) mass is 233 g/mol. The maximum absolute atomic E-state index is 12.8. The Kier molecular flexibility index (Phi) is 3.54. The van der Waals surface area contributed by atoms with Crippen LogP contribution in [0.25, 0.3) is 0 Å². The van der Waals surface area contributed by atoms with Crippen LogP contribution in [0.2, 0.25) is 0 Å². The molecule has 0 aliphatic carbocycles. The van der Waals surface area contributed by atoms with Crippen molar-refractivity contribution in [3.05, 3.63) is 53.9 Å². The minimum absolute atomic E-state index is 0.154. The highest BCUT2D eigenvalue weighted by atomic mass is 19.1. The van der Waals surface area contributed by atoms with E-state index in [9.17, 15) is 4.39 Å². The highest BCUT2D eigenvalue weighted by Crippen LogP contribution is 2.16. The van der Waals surface area contributed by atoms with Gasteiger partial charge in [0, 0.05) is 13.2 Å². The van der Waals surface area contributed by atoms with Crippen LogP contribution in [0.3, 0.4) is 0 Å². The van der Waals surface area contributed by atoms with E-state index in [2.05, 4.69) is 10.3 Å². The minimum Gasteiger partial charge on any atom is -0.340 e. The summed E-state index contributed by atoms with van der Waals surface area (Å²) in [6.07, 6.45) is 4.57. The topological polar surface area (TPSA) is 29.9 Å². The summed E-state index contributed by atoms with van der Waals surface area (Å²) in [6.45, 7) is 0. The van der Waals surface area contributed by atoms with Gasteiger partial charge in [-0.15, -0.1) is 0 Å². The van der Waals surface area contributed by atoms with E-state index in [-0.39, 0.29) is 11.9 Å². The van der Waals surface area contributed by atoms with Crippen molar-refractivity contribution in [1.29, 1.82) is 0 Å². The average molecular weight is 233 g/mol. The Bertz CT molecular complexity index is 476. The van der Waals surface area contributed by atoms with Crippen LogP contribution < -0.4 is 5.32 Å². The number of nitrogens with zero attached hydrogens (tertiary/aromatic N) is 2. The first-order valence-corrected chi connectivity index (χ1v) is 5.58. The van der Waals surface area contributed by atoms with E-state index in [0.29, 0.717) is 0 Å². The van der Waals surface area contributed by atoms with Gasteiger partial charge in [-0.2, -0.15) is 0 Å². The number of benzene rings is 1. The summed E-state index contributed by atoms with van der Waals surface area (Å²) >= 11 is 0. The van der Waals surface area contributed by atoms with Crippen LogP contribution in [0.5, 0.6) is 0 Å². The van der Waals surface area contributed by atoms with Crippen molar-refractivity contribution in [3.8, 4) is 0 Å². The summed E-state index contributed by atoms with van der Waals surface area (Å²) in [5, 5.41) is 3.23. The van der Waals surface area contributed by atoms with Crippen molar-refractivity contribution in [2.75, 3.05) is 7.05 Å². The van der Waals surface area contributed by atoms with Gasteiger partial charge in [0.05, 0.1) is 18.1 Å². The molecule has 1 N–H and O–H groups in total. The molecule has 1 aromatic heterocycles. The smallest absolute Gasteiger partial charge is 0.123 e. The molecule has 0 aliphatic rings. The number of imidazole rings is 1. The number of aromatic nitrogens is 2. The van der Waals surface area contributed by atoms with Gasteiger partial charge in [-0.05, 0) is 31.2 Å². The average Bonchev–Trinajstić information content (AvgIpc) is 2.75. The lowest BCUT2D eigenvalue weighted by molar-refractivity contribution is 0.576. The van der Waals surface area contributed by atoms with Crippen molar-refractivity contribution in [1.82, 2.24) is 14.9 Å². The highest BCUT2D eigenvalue weighted by Gasteiger charge is 2.12. The number of nitrogens with one attached hydrogen (secondary N) is 1. The molecule has 2 aromatic rings. The molecule has 0 saturated heterocycles. The van der Waals surface area contributed by atoms with E-state index in [0.717, 1.165) is 17.7 Å². The maximum atomic E-state index is 12.8. The zero-order valence-corrected chi connectivity index (χ0v) is 10.0. The van der Waals surface area contributed by atoms with Crippen LogP contribution in [0.15, 0.2) is 36.8 Å². The number of halogens is 1. The number of hydrogen-bond acceptors (Lipinski definition) is 2. The molecule has 1 atom stereocenters. The molecule has 1 aromatic carbocycles. The van der Waals surface area contributed by atoms with Crippen LogP contribution in [-0.2, 0) is 13.5 Å². The molecule has 0 saturated carbocycles. The Hall–Kier alpha value is -1.68. The van der Waals surface area contributed by atoms with Crippen LogP contribution in [0.4, 0.5) is 4.39 Å². The van der Waals surface area contributed by atoms with Gasteiger partial charge in [0.1, 0.15) is 5.82 Å². The molecule has 0 fully saturated rings. The van der Waals surface area contributed by atoms with Crippen LogP contribution >= 0.6 is 0 Å². The molecule has 4 heteroatoms. The Labute approximate surface area is 100 Å². The Morgan fingerprint density at radius 3 is 2.59 bits per heavy atom. The second-order valence-corrected chi connectivity index (χ2v) is 4.14. The SMILES string of the molecule is CNC(Cc1ccc(F)cc1)c1cn(C)cn1. The summed E-state index contributed by atoms with van der Waals surface area (Å²) in [5.41, 5.74) is 2.09. The first-order valence-electron chi connectivity index (χ1n) is 5.58. The molecule has 17 heavy (non-hydrogen) atoms. The third kappa shape index (κ3) is 2.91. The predicted octanol–water partition coefficient (Wildman–Crippen LogP) is 2.06. The second-order valence-electron chi connectivity index (χ2n) is 4.14. The summed E-state index contributed by atoms with van der Waals surface area (Å²) in [4.78, 5) is 4.33. The lowest BCUT2D eigenvalue weighted by Crippen LogP contribution is -2.19. The molecule has 0 amide bonds. The first kappa shape index (κ1) is 11.8. The van der Waals surface area contributed by atoms with Gasteiger partial charge in [-0.3, -0.25) is 0 Å². The predicted molar refractivity (Wildman–Crippen MR) is 65.1 cm³/mol.